The van der Waals surface area contributed by atoms with Crippen LogP contribution in [0.5, 0.6) is 0 Å². The molecule has 3 N–H and O–H groups in total. The molecule has 1 aromatic carbocycles. The average molecular weight is 221 g/mol. The molecule has 0 heterocycles. The topological polar surface area (TPSA) is 76.7 Å². The van der Waals surface area contributed by atoms with Crippen LogP contribution in [0.15, 0.2) is 35.3 Å². The summed E-state index contributed by atoms with van der Waals surface area (Å²) < 4.78 is 4.53. The van der Waals surface area contributed by atoms with Crippen LogP contribution in [0, 0.1) is 0 Å². The van der Waals surface area contributed by atoms with Gasteiger partial charge >= 0.3 is 5.97 Å². The summed E-state index contributed by atoms with van der Waals surface area (Å²) in [4.78, 5) is 15.0. The number of ether oxygens (including phenoxy) is 1. The number of hydrogen-bond donors (Lipinski definition) is 2. The normalized spacial score (nSPS) is 13.0. The molecule has 86 valence electrons. The number of hydrogen-bond acceptors (Lipinski definition) is 3. The number of carbonyl (C=O) groups excluding carboxylic acids is 1. The van der Waals surface area contributed by atoms with Gasteiger partial charge in [-0.15, -0.1) is 0 Å². The second kappa shape index (κ2) is 5.75. The molecule has 0 saturated carbocycles. The molecule has 0 spiro atoms. The van der Waals surface area contributed by atoms with Gasteiger partial charge in [-0.1, -0.05) is 18.2 Å². The first-order chi connectivity index (χ1) is 7.63. The minimum atomic E-state index is -0.610. The molecule has 0 aliphatic heterocycles. The molecule has 5 heteroatoms. The number of guanidine groups is 1. The highest BCUT2D eigenvalue weighted by Crippen LogP contribution is 2.04. The van der Waals surface area contributed by atoms with Crippen molar-refractivity contribution in [3.05, 3.63) is 30.3 Å². The predicted octanol–water partition coefficient (Wildman–Crippen LogP) is 0.975. The third-order valence-electron chi connectivity index (χ3n) is 1.92. The molecule has 0 saturated heterocycles. The highest BCUT2D eigenvalue weighted by molar-refractivity contribution is 5.93. The largest absolute Gasteiger partial charge is 0.467 e. The van der Waals surface area contributed by atoms with Crippen molar-refractivity contribution in [2.45, 2.75) is 13.0 Å². The number of anilines is 1. The van der Waals surface area contributed by atoms with Gasteiger partial charge in [0.25, 0.3) is 0 Å². The zero-order chi connectivity index (χ0) is 12.0. The van der Waals surface area contributed by atoms with E-state index in [1.807, 2.05) is 30.3 Å². The minimum absolute atomic E-state index is 0.184. The maximum Gasteiger partial charge on any atom is 0.330 e. The van der Waals surface area contributed by atoms with E-state index in [-0.39, 0.29) is 5.96 Å². The van der Waals surface area contributed by atoms with E-state index < -0.39 is 12.0 Å². The first-order valence-corrected chi connectivity index (χ1v) is 4.86. The third-order valence-corrected chi connectivity index (χ3v) is 1.92. The molecule has 16 heavy (non-hydrogen) atoms. The van der Waals surface area contributed by atoms with Crippen molar-refractivity contribution in [2.75, 3.05) is 12.4 Å². The van der Waals surface area contributed by atoms with Crippen molar-refractivity contribution in [3.63, 3.8) is 0 Å². The van der Waals surface area contributed by atoms with Gasteiger partial charge in [-0.2, -0.15) is 0 Å². The lowest BCUT2D eigenvalue weighted by atomic mass is 10.3. The minimum Gasteiger partial charge on any atom is -0.467 e. The van der Waals surface area contributed by atoms with Crippen LogP contribution < -0.4 is 11.1 Å². The summed E-state index contributed by atoms with van der Waals surface area (Å²) >= 11 is 0. The monoisotopic (exact) mass is 221 g/mol. The van der Waals surface area contributed by atoms with Gasteiger partial charge in [-0.05, 0) is 19.1 Å². The quantitative estimate of drug-likeness (QED) is 0.453. The van der Waals surface area contributed by atoms with E-state index in [4.69, 9.17) is 5.73 Å². The molecule has 0 bridgehead atoms. The molecule has 0 amide bonds. The Hall–Kier alpha value is -2.04. The van der Waals surface area contributed by atoms with Gasteiger partial charge in [0.05, 0.1) is 7.11 Å². The highest BCUT2D eigenvalue weighted by Gasteiger charge is 2.11. The first kappa shape index (κ1) is 12.0. The number of carbonyl (C=O) groups is 1. The number of methoxy groups -OCH3 is 1. The van der Waals surface area contributed by atoms with Gasteiger partial charge < -0.3 is 15.8 Å². The van der Waals surface area contributed by atoms with Crippen LogP contribution in [0.2, 0.25) is 0 Å². The fourth-order valence-corrected chi connectivity index (χ4v) is 1.13. The van der Waals surface area contributed by atoms with Crippen molar-refractivity contribution in [3.8, 4) is 0 Å². The van der Waals surface area contributed by atoms with Crippen molar-refractivity contribution in [2.24, 2.45) is 10.7 Å². The van der Waals surface area contributed by atoms with Gasteiger partial charge in [0.2, 0.25) is 0 Å². The number of aliphatic imine (C=N–C) groups is 1. The van der Waals surface area contributed by atoms with Crippen molar-refractivity contribution in [1.82, 2.24) is 0 Å². The third kappa shape index (κ3) is 3.61. The number of nitrogens with zero attached hydrogens (tertiary/aromatic N) is 1. The van der Waals surface area contributed by atoms with Crippen molar-refractivity contribution < 1.29 is 9.53 Å². The Balaban J connectivity index is 2.61. The maximum absolute atomic E-state index is 11.1. The van der Waals surface area contributed by atoms with E-state index in [0.29, 0.717) is 0 Å². The number of benzene rings is 1. The Morgan fingerprint density at radius 2 is 2.06 bits per heavy atom. The molecule has 0 aliphatic rings. The van der Waals surface area contributed by atoms with E-state index in [1.54, 1.807) is 6.92 Å². The van der Waals surface area contributed by atoms with Crippen LogP contribution in [-0.2, 0) is 9.53 Å². The zero-order valence-corrected chi connectivity index (χ0v) is 9.31. The van der Waals surface area contributed by atoms with E-state index in [9.17, 15) is 4.79 Å². The molecule has 1 aromatic rings. The van der Waals surface area contributed by atoms with Gasteiger partial charge in [0.15, 0.2) is 5.96 Å². The number of nitrogens with two attached hydrogens (primary N) is 1. The predicted molar refractivity (Wildman–Crippen MR) is 63.2 cm³/mol. The Bertz CT molecular complexity index is 376. The summed E-state index contributed by atoms with van der Waals surface area (Å²) in [6.07, 6.45) is 0. The van der Waals surface area contributed by atoms with Gasteiger partial charge in [-0.3, -0.25) is 0 Å². The fourth-order valence-electron chi connectivity index (χ4n) is 1.13. The number of nitrogens with one attached hydrogen (secondary N) is 1. The summed E-state index contributed by atoms with van der Waals surface area (Å²) in [7, 11) is 1.31. The SMILES string of the molecule is COC(=O)C(C)N=C(N)Nc1ccccc1. The standard InChI is InChI=1S/C11H15N3O2/c1-8(10(15)16-2)13-11(12)14-9-6-4-3-5-7-9/h3-8H,1-2H3,(H3,12,13,14). The highest BCUT2D eigenvalue weighted by atomic mass is 16.5. The molecular formula is C11H15N3O2. The second-order valence-electron chi connectivity index (χ2n) is 3.20. The molecular weight excluding hydrogens is 206 g/mol. The van der Waals surface area contributed by atoms with Gasteiger partial charge in [0.1, 0.15) is 6.04 Å². The number of para-hydroxylation sites is 1. The number of rotatable bonds is 3. The lowest BCUT2D eigenvalue weighted by Gasteiger charge is -2.08. The molecule has 0 aliphatic carbocycles. The van der Waals surface area contributed by atoms with Crippen LogP contribution >= 0.6 is 0 Å². The molecule has 0 radical (unpaired) electrons. The van der Waals surface area contributed by atoms with E-state index in [1.165, 1.54) is 7.11 Å². The lowest BCUT2D eigenvalue weighted by Crippen LogP contribution is -2.27. The van der Waals surface area contributed by atoms with Gasteiger partial charge in [-0.25, -0.2) is 9.79 Å². The van der Waals surface area contributed by atoms with Crippen LogP contribution in [0.1, 0.15) is 6.92 Å². The van der Waals surface area contributed by atoms with E-state index >= 15 is 0 Å². The molecule has 0 fully saturated rings. The van der Waals surface area contributed by atoms with E-state index in [0.717, 1.165) is 5.69 Å². The van der Waals surface area contributed by atoms with E-state index in [2.05, 4.69) is 15.0 Å². The summed E-state index contributed by atoms with van der Waals surface area (Å²) in [6, 6.07) is 8.74. The summed E-state index contributed by atoms with van der Waals surface area (Å²) in [5, 5.41) is 2.87. The van der Waals surface area contributed by atoms with Gasteiger partial charge in [0, 0.05) is 5.69 Å². The Morgan fingerprint density at radius 3 is 2.62 bits per heavy atom. The fraction of sp³-hybridized carbons (Fsp3) is 0.273. The Labute approximate surface area is 94.3 Å². The average Bonchev–Trinajstić information content (AvgIpc) is 2.29. The van der Waals surface area contributed by atoms with Crippen LogP contribution in [-0.4, -0.2) is 25.1 Å². The van der Waals surface area contributed by atoms with Crippen LogP contribution in [0.3, 0.4) is 0 Å². The summed E-state index contributed by atoms with van der Waals surface area (Å²) in [6.45, 7) is 1.62. The first-order valence-electron chi connectivity index (χ1n) is 4.86. The molecule has 5 nitrogen and oxygen atoms in total. The Morgan fingerprint density at radius 1 is 1.44 bits per heavy atom. The molecule has 0 aromatic heterocycles. The molecule has 1 atom stereocenters. The molecule has 1 rings (SSSR count). The van der Waals surface area contributed by atoms with Crippen LogP contribution in [0.25, 0.3) is 0 Å². The number of esters is 1. The zero-order valence-electron chi connectivity index (χ0n) is 9.31. The van der Waals surface area contributed by atoms with Crippen molar-refractivity contribution >= 4 is 17.6 Å². The van der Waals surface area contributed by atoms with Crippen molar-refractivity contribution in [1.29, 1.82) is 0 Å². The van der Waals surface area contributed by atoms with Crippen LogP contribution in [0.4, 0.5) is 5.69 Å². The summed E-state index contributed by atoms with van der Waals surface area (Å²) in [5.41, 5.74) is 6.45. The maximum atomic E-state index is 11.1. The second-order valence-corrected chi connectivity index (χ2v) is 3.20. The molecule has 1 unspecified atom stereocenters. The lowest BCUT2D eigenvalue weighted by molar-refractivity contribution is -0.141. The Kier molecular flexibility index (Phi) is 4.32. The summed E-state index contributed by atoms with van der Waals surface area (Å²) in [5.74, 6) is -0.234. The smallest absolute Gasteiger partial charge is 0.330 e.